The van der Waals surface area contributed by atoms with Crippen molar-refractivity contribution in [1.29, 1.82) is 0 Å². The molecule has 1 amide bonds. The van der Waals surface area contributed by atoms with Gasteiger partial charge in [0.2, 0.25) is 5.91 Å². The summed E-state index contributed by atoms with van der Waals surface area (Å²) in [5.74, 6) is -0.163. The number of aliphatic hydroxyl groups excluding tert-OH is 5. The number of allylic oxidation sites excluding steroid dienone is 1. The van der Waals surface area contributed by atoms with E-state index in [9.17, 15) is 35.1 Å². The van der Waals surface area contributed by atoms with E-state index in [4.69, 9.17) is 14.2 Å². The number of carbonyl (C=O) groups is 2. The van der Waals surface area contributed by atoms with Gasteiger partial charge in [0.15, 0.2) is 6.29 Å². The Hall–Kier alpha value is -1.60. The summed E-state index contributed by atoms with van der Waals surface area (Å²) in [6.45, 7) is 4.39. The second kappa shape index (κ2) is 61.1. The third-order valence-electron chi connectivity index (χ3n) is 17.4. The van der Waals surface area contributed by atoms with Gasteiger partial charge in [0.05, 0.1) is 32.0 Å². The molecule has 1 aliphatic heterocycles. The number of aliphatic hydroxyl groups is 5. The zero-order valence-electron chi connectivity index (χ0n) is 54.0. The molecule has 1 heterocycles. The average Bonchev–Trinajstić information content (AvgIpc) is 3.69. The highest BCUT2D eigenvalue weighted by atomic mass is 16.7. The third-order valence-corrected chi connectivity index (χ3v) is 17.4. The Morgan fingerprint density at radius 1 is 0.439 bits per heavy atom. The number of unbranched alkanes of at least 4 members (excludes halogenated alkanes) is 50. The van der Waals surface area contributed by atoms with Crippen molar-refractivity contribution in [2.45, 2.75) is 410 Å². The molecule has 1 aliphatic rings. The number of esters is 1. The molecule has 0 spiro atoms. The summed E-state index contributed by atoms with van der Waals surface area (Å²) >= 11 is 0. The van der Waals surface area contributed by atoms with Gasteiger partial charge in [-0.2, -0.15) is 0 Å². The van der Waals surface area contributed by atoms with Crippen LogP contribution in [0.4, 0.5) is 0 Å². The van der Waals surface area contributed by atoms with Crippen LogP contribution in [0.5, 0.6) is 0 Å². The SMILES string of the molecule is CCCCCCCCCCCCC/C=C/C(O)C(COC1OC(CO)C(O)C(O)C1O)NC(=O)CCCCCCCCCCCCCCCCCCCCCCCCCCCCCCCCOC(=O)CCCCCCCCCCCCC. The van der Waals surface area contributed by atoms with Gasteiger partial charge in [-0.05, 0) is 32.1 Å². The Bertz CT molecular complexity index is 1370. The molecule has 7 atom stereocenters. The van der Waals surface area contributed by atoms with Gasteiger partial charge in [-0.3, -0.25) is 9.59 Å². The molecule has 0 saturated carbocycles. The van der Waals surface area contributed by atoms with Gasteiger partial charge in [-0.15, -0.1) is 0 Å². The molecule has 1 rings (SSSR count). The lowest BCUT2D eigenvalue weighted by atomic mass is 9.99. The summed E-state index contributed by atoms with van der Waals surface area (Å²) in [6, 6.07) is -0.806. The summed E-state index contributed by atoms with van der Waals surface area (Å²) in [4.78, 5) is 25.1. The lowest BCUT2D eigenvalue weighted by Crippen LogP contribution is -2.60. The van der Waals surface area contributed by atoms with Gasteiger partial charge in [-0.1, -0.05) is 334 Å². The van der Waals surface area contributed by atoms with E-state index >= 15 is 0 Å². The molecule has 1 saturated heterocycles. The molecule has 11 nitrogen and oxygen atoms in total. The summed E-state index contributed by atoms with van der Waals surface area (Å²) in [7, 11) is 0. The van der Waals surface area contributed by atoms with Gasteiger partial charge in [0, 0.05) is 12.8 Å². The zero-order valence-corrected chi connectivity index (χ0v) is 54.0. The molecule has 11 heteroatoms. The Morgan fingerprint density at radius 3 is 1.13 bits per heavy atom. The molecular weight excluding hydrogens is 1030 g/mol. The van der Waals surface area contributed by atoms with E-state index in [1.54, 1.807) is 6.08 Å². The predicted molar refractivity (Wildman–Crippen MR) is 343 cm³/mol. The highest BCUT2D eigenvalue weighted by molar-refractivity contribution is 5.76. The summed E-state index contributed by atoms with van der Waals surface area (Å²) in [5.41, 5.74) is 0. The fourth-order valence-electron chi connectivity index (χ4n) is 11.7. The summed E-state index contributed by atoms with van der Waals surface area (Å²) in [5, 5.41) is 54.5. The molecule has 0 bridgehead atoms. The van der Waals surface area contributed by atoms with E-state index < -0.39 is 49.5 Å². The molecule has 1 fully saturated rings. The quantitative estimate of drug-likeness (QED) is 0.0195. The fourth-order valence-corrected chi connectivity index (χ4v) is 11.7. The molecule has 0 aliphatic carbocycles. The van der Waals surface area contributed by atoms with Gasteiger partial charge < -0.3 is 45.1 Å². The standard InChI is InChI=1S/C71H137NO10/c1-3-5-7-9-11-13-15-34-38-41-45-49-53-57-64(74)63(62-81-71-70(79)69(78)68(77)65(61-73)82-71)72-66(75)58-54-50-46-42-39-35-32-30-28-26-24-22-20-18-16-17-19-21-23-25-27-29-31-33-36-40-44-48-52-56-60-80-67(76)59-55-51-47-43-37-14-12-10-8-6-4-2/h53,57,63-65,68-71,73-74,77-79H,3-52,54-56,58-62H2,1-2H3,(H,72,75)/b57-53+. The van der Waals surface area contributed by atoms with Crippen LogP contribution in [0.1, 0.15) is 367 Å². The number of hydrogen-bond donors (Lipinski definition) is 6. The molecule has 7 unspecified atom stereocenters. The number of nitrogens with one attached hydrogen (secondary N) is 1. The number of rotatable bonds is 64. The largest absolute Gasteiger partial charge is 0.466 e. The highest BCUT2D eigenvalue weighted by Crippen LogP contribution is 2.24. The predicted octanol–water partition coefficient (Wildman–Crippen LogP) is 18.2. The maximum absolute atomic E-state index is 13.1. The molecule has 0 aromatic heterocycles. The lowest BCUT2D eigenvalue weighted by Gasteiger charge is -2.40. The number of hydrogen-bond acceptors (Lipinski definition) is 10. The van der Waals surface area contributed by atoms with Crippen molar-refractivity contribution >= 4 is 11.9 Å². The minimum Gasteiger partial charge on any atom is -0.466 e. The summed E-state index contributed by atoms with van der Waals surface area (Å²) in [6.07, 6.45) is 64.9. The highest BCUT2D eigenvalue weighted by Gasteiger charge is 2.44. The van der Waals surface area contributed by atoms with Crippen molar-refractivity contribution in [3.05, 3.63) is 12.2 Å². The maximum atomic E-state index is 13.1. The van der Waals surface area contributed by atoms with Crippen molar-refractivity contribution in [3.8, 4) is 0 Å². The van der Waals surface area contributed by atoms with Crippen LogP contribution in [-0.4, -0.2) is 100 Å². The first-order valence-electron chi connectivity index (χ1n) is 36.0. The van der Waals surface area contributed by atoms with Gasteiger partial charge in [-0.25, -0.2) is 0 Å². The van der Waals surface area contributed by atoms with Crippen molar-refractivity contribution in [3.63, 3.8) is 0 Å². The molecule has 0 aromatic rings. The maximum Gasteiger partial charge on any atom is 0.305 e. The van der Waals surface area contributed by atoms with Crippen molar-refractivity contribution in [1.82, 2.24) is 5.32 Å². The van der Waals surface area contributed by atoms with E-state index in [0.29, 0.717) is 19.4 Å². The molecule has 6 N–H and O–H groups in total. The lowest BCUT2D eigenvalue weighted by molar-refractivity contribution is -0.302. The second-order valence-electron chi connectivity index (χ2n) is 25.3. The first-order valence-corrected chi connectivity index (χ1v) is 36.0. The average molecular weight is 1160 g/mol. The van der Waals surface area contributed by atoms with Crippen LogP contribution in [-0.2, 0) is 23.8 Å². The normalized spacial score (nSPS) is 18.2. The van der Waals surface area contributed by atoms with Crippen LogP contribution in [0.3, 0.4) is 0 Å². The van der Waals surface area contributed by atoms with Gasteiger partial charge >= 0.3 is 5.97 Å². The van der Waals surface area contributed by atoms with Gasteiger partial charge in [0.1, 0.15) is 24.4 Å². The summed E-state index contributed by atoms with van der Waals surface area (Å²) < 4.78 is 16.7. The van der Waals surface area contributed by atoms with E-state index in [1.807, 2.05) is 6.08 Å². The Morgan fingerprint density at radius 2 is 0.768 bits per heavy atom. The van der Waals surface area contributed by atoms with E-state index in [-0.39, 0.29) is 18.5 Å². The zero-order chi connectivity index (χ0) is 59.5. The molecule has 486 valence electrons. The van der Waals surface area contributed by atoms with E-state index in [0.717, 1.165) is 51.4 Å². The smallest absolute Gasteiger partial charge is 0.305 e. The fraction of sp³-hybridized carbons (Fsp3) is 0.944. The first kappa shape index (κ1) is 78.4. The van der Waals surface area contributed by atoms with E-state index in [2.05, 4.69) is 19.2 Å². The first-order chi connectivity index (χ1) is 40.2. The topological polar surface area (TPSA) is 175 Å². The van der Waals surface area contributed by atoms with E-state index in [1.165, 1.54) is 289 Å². The van der Waals surface area contributed by atoms with Crippen molar-refractivity contribution in [2.75, 3.05) is 19.8 Å². The molecular formula is C71H137NO10. The minimum atomic E-state index is -1.57. The van der Waals surface area contributed by atoms with Crippen molar-refractivity contribution < 1.29 is 49.3 Å². The number of amides is 1. The Balaban J connectivity index is 1.95. The van der Waals surface area contributed by atoms with Crippen LogP contribution < -0.4 is 5.32 Å². The van der Waals surface area contributed by atoms with Crippen molar-refractivity contribution in [2.24, 2.45) is 0 Å². The molecule has 0 aromatic carbocycles. The Kier molecular flexibility index (Phi) is 58.4. The molecule has 0 radical (unpaired) electrons. The van der Waals surface area contributed by atoms with Crippen LogP contribution >= 0.6 is 0 Å². The third kappa shape index (κ3) is 49.5. The minimum absolute atomic E-state index is 0.0123. The Labute approximate surface area is 506 Å². The number of carbonyl (C=O) groups excluding carboxylic acids is 2. The van der Waals surface area contributed by atoms with Crippen LogP contribution in [0.2, 0.25) is 0 Å². The number of ether oxygens (including phenoxy) is 3. The second-order valence-corrected chi connectivity index (χ2v) is 25.3. The monoisotopic (exact) mass is 1160 g/mol. The van der Waals surface area contributed by atoms with Crippen LogP contribution in [0.15, 0.2) is 12.2 Å². The van der Waals surface area contributed by atoms with Crippen LogP contribution in [0.25, 0.3) is 0 Å². The van der Waals surface area contributed by atoms with Crippen LogP contribution in [0, 0.1) is 0 Å². The molecule has 82 heavy (non-hydrogen) atoms. The van der Waals surface area contributed by atoms with Gasteiger partial charge in [0.25, 0.3) is 0 Å².